The molecule has 1 aromatic carbocycles. The Kier molecular flexibility index (Phi) is 4.01. The smallest absolute Gasteiger partial charge is 0.0591 e. The molecule has 0 aliphatic rings. The summed E-state index contributed by atoms with van der Waals surface area (Å²) in [5.74, 6) is 0. The van der Waals surface area contributed by atoms with E-state index in [0.717, 1.165) is 5.56 Å². The number of aliphatic hydroxyl groups is 1. The summed E-state index contributed by atoms with van der Waals surface area (Å²) in [7, 11) is 0. The van der Waals surface area contributed by atoms with Crippen LogP contribution in [-0.4, -0.2) is 17.8 Å². The van der Waals surface area contributed by atoms with Crippen LogP contribution in [0.2, 0.25) is 10.0 Å². The molecule has 0 heterocycles. The summed E-state index contributed by atoms with van der Waals surface area (Å²) in [5, 5.41) is 10.3. The van der Waals surface area contributed by atoms with Crippen molar-refractivity contribution in [3.05, 3.63) is 33.8 Å². The molecular formula is C11H15Cl2NO. The average molecular weight is 248 g/mol. The van der Waals surface area contributed by atoms with Crippen molar-refractivity contribution in [1.29, 1.82) is 0 Å². The van der Waals surface area contributed by atoms with Crippen LogP contribution in [0.15, 0.2) is 18.2 Å². The van der Waals surface area contributed by atoms with Crippen LogP contribution in [0.5, 0.6) is 0 Å². The molecule has 2 nitrogen and oxygen atoms in total. The molecule has 0 bridgehead atoms. The van der Waals surface area contributed by atoms with E-state index >= 15 is 0 Å². The van der Waals surface area contributed by atoms with Gasteiger partial charge >= 0.3 is 0 Å². The minimum absolute atomic E-state index is 0.0774. The maximum Gasteiger partial charge on any atom is 0.0591 e. The largest absolute Gasteiger partial charge is 0.395 e. The Morgan fingerprint density at radius 1 is 1.40 bits per heavy atom. The molecule has 0 radical (unpaired) electrons. The average Bonchev–Trinajstić information content (AvgIpc) is 2.15. The van der Waals surface area contributed by atoms with Crippen molar-refractivity contribution in [2.24, 2.45) is 5.73 Å². The van der Waals surface area contributed by atoms with Crippen molar-refractivity contribution in [2.75, 3.05) is 6.61 Å². The summed E-state index contributed by atoms with van der Waals surface area (Å²) in [6.07, 6.45) is 0. The maximum atomic E-state index is 9.08. The number of halogens is 2. The van der Waals surface area contributed by atoms with Crippen molar-refractivity contribution in [1.82, 2.24) is 0 Å². The van der Waals surface area contributed by atoms with Gasteiger partial charge in [0, 0.05) is 21.5 Å². The fourth-order valence-electron chi connectivity index (χ4n) is 1.44. The predicted octanol–water partition coefficient (Wildman–Crippen LogP) is 2.59. The third kappa shape index (κ3) is 2.64. The molecule has 0 aromatic heterocycles. The Morgan fingerprint density at radius 3 is 2.47 bits per heavy atom. The second kappa shape index (κ2) is 4.71. The zero-order valence-corrected chi connectivity index (χ0v) is 10.3. The third-order valence-corrected chi connectivity index (χ3v) is 3.30. The molecule has 1 atom stereocenters. The Morgan fingerprint density at radius 2 is 2.00 bits per heavy atom. The molecular weight excluding hydrogens is 233 g/mol. The van der Waals surface area contributed by atoms with Crippen LogP contribution in [0.1, 0.15) is 19.4 Å². The fraction of sp³-hybridized carbons (Fsp3) is 0.455. The monoisotopic (exact) mass is 247 g/mol. The number of nitrogens with two attached hydrogens (primary N) is 1. The highest BCUT2D eigenvalue weighted by Crippen LogP contribution is 2.33. The molecule has 3 N–H and O–H groups in total. The molecule has 0 amide bonds. The Hall–Kier alpha value is -0.280. The van der Waals surface area contributed by atoms with Gasteiger partial charge in [0.05, 0.1) is 6.61 Å². The van der Waals surface area contributed by atoms with Crippen molar-refractivity contribution in [2.45, 2.75) is 25.3 Å². The van der Waals surface area contributed by atoms with E-state index in [1.807, 2.05) is 19.9 Å². The highest BCUT2D eigenvalue weighted by Gasteiger charge is 2.29. The van der Waals surface area contributed by atoms with Crippen molar-refractivity contribution >= 4 is 23.2 Å². The second-order valence-corrected chi connectivity index (χ2v) is 4.98. The number of hydrogen-bond acceptors (Lipinski definition) is 2. The number of hydrogen-bond donors (Lipinski definition) is 2. The molecule has 1 aromatic rings. The molecule has 84 valence electrons. The van der Waals surface area contributed by atoms with E-state index in [4.69, 9.17) is 34.0 Å². The van der Waals surface area contributed by atoms with Crippen LogP contribution in [0.25, 0.3) is 0 Å². The molecule has 0 aliphatic heterocycles. The van der Waals surface area contributed by atoms with Gasteiger partial charge in [-0.05, 0) is 17.7 Å². The molecule has 0 aliphatic carbocycles. The first-order valence-electron chi connectivity index (χ1n) is 4.71. The van der Waals surface area contributed by atoms with Crippen molar-refractivity contribution in [3.63, 3.8) is 0 Å². The van der Waals surface area contributed by atoms with Gasteiger partial charge in [0.15, 0.2) is 0 Å². The lowest BCUT2D eigenvalue weighted by atomic mass is 9.78. The first-order chi connectivity index (χ1) is 6.89. The second-order valence-electron chi connectivity index (χ2n) is 4.13. The van der Waals surface area contributed by atoms with E-state index in [2.05, 4.69) is 0 Å². The molecule has 0 saturated carbocycles. The Bertz CT molecular complexity index is 352. The molecule has 1 rings (SSSR count). The van der Waals surface area contributed by atoms with Gasteiger partial charge < -0.3 is 10.8 Å². The van der Waals surface area contributed by atoms with E-state index in [1.54, 1.807) is 12.1 Å². The van der Waals surface area contributed by atoms with Crippen molar-refractivity contribution < 1.29 is 5.11 Å². The summed E-state index contributed by atoms with van der Waals surface area (Å²) >= 11 is 11.9. The van der Waals surface area contributed by atoms with E-state index in [-0.39, 0.29) is 18.1 Å². The van der Waals surface area contributed by atoms with Gasteiger partial charge in [-0.3, -0.25) is 0 Å². The fourth-order valence-corrected chi connectivity index (χ4v) is 2.09. The molecule has 0 spiro atoms. The minimum atomic E-state index is -0.379. The van der Waals surface area contributed by atoms with E-state index in [1.165, 1.54) is 0 Å². The summed E-state index contributed by atoms with van der Waals surface area (Å²) in [6, 6.07) is 4.95. The van der Waals surface area contributed by atoms with E-state index in [0.29, 0.717) is 10.0 Å². The molecule has 4 heteroatoms. The van der Waals surface area contributed by atoms with Crippen molar-refractivity contribution in [3.8, 4) is 0 Å². The quantitative estimate of drug-likeness (QED) is 0.863. The van der Waals surface area contributed by atoms with E-state index < -0.39 is 0 Å². The zero-order chi connectivity index (χ0) is 11.6. The van der Waals surface area contributed by atoms with Crippen LogP contribution in [0, 0.1) is 0 Å². The normalized spacial score (nSPS) is 14.0. The van der Waals surface area contributed by atoms with E-state index in [9.17, 15) is 0 Å². The van der Waals surface area contributed by atoms with Gasteiger partial charge in [0.1, 0.15) is 0 Å². The number of aliphatic hydroxyl groups excluding tert-OH is 1. The summed E-state index contributed by atoms with van der Waals surface area (Å²) in [6.45, 7) is 3.82. The highest BCUT2D eigenvalue weighted by atomic mass is 35.5. The number of rotatable bonds is 3. The van der Waals surface area contributed by atoms with Gasteiger partial charge in [-0.25, -0.2) is 0 Å². The van der Waals surface area contributed by atoms with Gasteiger partial charge in [0.25, 0.3) is 0 Å². The number of benzene rings is 1. The lowest BCUT2D eigenvalue weighted by Gasteiger charge is -2.31. The van der Waals surface area contributed by atoms with Gasteiger partial charge in [0.2, 0.25) is 0 Å². The standard InChI is InChI=1S/C11H15Cl2NO/c1-11(2,10(14)6-15)8-4-3-7(12)5-9(8)13/h3-5,10,15H,6,14H2,1-2H3. The lowest BCUT2D eigenvalue weighted by molar-refractivity contribution is 0.220. The van der Waals surface area contributed by atoms with Gasteiger partial charge in [-0.15, -0.1) is 0 Å². The Balaban J connectivity index is 3.15. The maximum absolute atomic E-state index is 9.08. The van der Waals surface area contributed by atoms with Crippen LogP contribution in [-0.2, 0) is 5.41 Å². The summed E-state index contributed by atoms with van der Waals surface area (Å²) in [4.78, 5) is 0. The van der Waals surface area contributed by atoms with Crippen LogP contribution in [0.3, 0.4) is 0 Å². The highest BCUT2D eigenvalue weighted by molar-refractivity contribution is 6.35. The summed E-state index contributed by atoms with van der Waals surface area (Å²) in [5.41, 5.74) is 6.37. The molecule has 0 fully saturated rings. The van der Waals surface area contributed by atoms with Crippen LogP contribution in [0.4, 0.5) is 0 Å². The minimum Gasteiger partial charge on any atom is -0.395 e. The first-order valence-corrected chi connectivity index (χ1v) is 5.47. The first kappa shape index (κ1) is 12.8. The third-order valence-electron chi connectivity index (χ3n) is 2.75. The SMILES string of the molecule is CC(C)(c1ccc(Cl)cc1Cl)C(N)CO. The molecule has 1 unspecified atom stereocenters. The zero-order valence-electron chi connectivity index (χ0n) is 8.80. The van der Waals surface area contributed by atoms with Crippen LogP contribution < -0.4 is 5.73 Å². The Labute approximate surface area is 100.0 Å². The molecule has 0 saturated heterocycles. The topological polar surface area (TPSA) is 46.2 Å². The molecule has 15 heavy (non-hydrogen) atoms. The summed E-state index contributed by atoms with van der Waals surface area (Å²) < 4.78 is 0. The lowest BCUT2D eigenvalue weighted by Crippen LogP contribution is -2.43. The van der Waals surface area contributed by atoms with Gasteiger partial charge in [-0.2, -0.15) is 0 Å². The van der Waals surface area contributed by atoms with Gasteiger partial charge in [-0.1, -0.05) is 43.1 Å². The van der Waals surface area contributed by atoms with Crippen LogP contribution >= 0.6 is 23.2 Å². The predicted molar refractivity (Wildman–Crippen MR) is 64.5 cm³/mol.